The van der Waals surface area contributed by atoms with Crippen LogP contribution < -0.4 is 5.43 Å². The number of H-pyrrole nitrogens is 1. The van der Waals surface area contributed by atoms with E-state index in [0.29, 0.717) is 22.8 Å². The Balaban J connectivity index is 2.01. The molecule has 0 aliphatic heterocycles. The number of halogens is 3. The van der Waals surface area contributed by atoms with Gasteiger partial charge in [-0.25, -0.2) is 4.98 Å². The van der Waals surface area contributed by atoms with Crippen molar-refractivity contribution in [3.8, 4) is 0 Å². The quantitative estimate of drug-likeness (QED) is 0.620. The lowest BCUT2D eigenvalue weighted by atomic mass is 10.1. The van der Waals surface area contributed by atoms with Gasteiger partial charge in [0.15, 0.2) is 5.43 Å². The van der Waals surface area contributed by atoms with Crippen molar-refractivity contribution >= 4 is 21.8 Å². The normalized spacial score (nSPS) is 12.3. The van der Waals surface area contributed by atoms with E-state index in [1.807, 2.05) is 0 Å². The first-order valence-corrected chi connectivity index (χ1v) is 7.48. The van der Waals surface area contributed by atoms with E-state index in [-0.39, 0.29) is 17.5 Å². The number of hydrogen-bond donors (Lipinski definition) is 1. The molecule has 25 heavy (non-hydrogen) atoms. The third-order valence-corrected chi connectivity index (χ3v) is 4.09. The summed E-state index contributed by atoms with van der Waals surface area (Å²) >= 11 is 0. The molecule has 0 aliphatic rings. The lowest BCUT2D eigenvalue weighted by molar-refractivity contribution is -0.140. The van der Waals surface area contributed by atoms with Crippen molar-refractivity contribution in [2.45, 2.75) is 19.3 Å². The zero-order chi connectivity index (χ0) is 17.6. The number of hydrogen-bond acceptors (Lipinski definition) is 3. The van der Waals surface area contributed by atoms with Crippen LogP contribution in [0.3, 0.4) is 0 Å². The van der Waals surface area contributed by atoms with Gasteiger partial charge in [0.05, 0.1) is 17.6 Å². The highest BCUT2D eigenvalue weighted by Crippen LogP contribution is 2.37. The van der Waals surface area contributed by atoms with Crippen LogP contribution in [0.15, 0.2) is 47.9 Å². The van der Waals surface area contributed by atoms with E-state index in [2.05, 4.69) is 15.1 Å². The molecule has 0 saturated heterocycles. The van der Waals surface area contributed by atoms with Crippen LogP contribution >= 0.6 is 0 Å². The van der Waals surface area contributed by atoms with Crippen LogP contribution in [-0.4, -0.2) is 24.3 Å². The molecule has 3 aromatic heterocycles. The average molecular weight is 347 g/mol. The minimum atomic E-state index is -4.54. The van der Waals surface area contributed by atoms with Gasteiger partial charge in [-0.1, -0.05) is 0 Å². The first-order chi connectivity index (χ1) is 11.9. The van der Waals surface area contributed by atoms with Gasteiger partial charge in [-0.05, 0) is 18.2 Å². The summed E-state index contributed by atoms with van der Waals surface area (Å²) in [5, 5.41) is 5.01. The van der Waals surface area contributed by atoms with Crippen LogP contribution in [0.2, 0.25) is 0 Å². The molecule has 4 rings (SSSR count). The summed E-state index contributed by atoms with van der Waals surface area (Å²) in [6.07, 6.45) is -0.434. The van der Waals surface area contributed by atoms with Crippen LogP contribution in [0.5, 0.6) is 0 Å². The van der Waals surface area contributed by atoms with Gasteiger partial charge >= 0.3 is 6.18 Å². The Hall–Kier alpha value is -3.10. The summed E-state index contributed by atoms with van der Waals surface area (Å²) in [4.78, 5) is 17.9. The highest BCUT2D eigenvalue weighted by atomic mass is 19.4. The number of pyridine rings is 1. The van der Waals surface area contributed by atoms with Gasteiger partial charge in [0, 0.05) is 29.6 Å². The maximum Gasteiger partial charge on any atom is 0.433 e. The topological polar surface area (TPSA) is 68.5 Å². The molecular weight excluding hydrogens is 335 g/mol. The van der Waals surface area contributed by atoms with Gasteiger partial charge < -0.3 is 9.55 Å². The number of benzene rings is 1. The van der Waals surface area contributed by atoms with Gasteiger partial charge in [-0.15, -0.1) is 0 Å². The molecule has 0 amide bonds. The lowest BCUT2D eigenvalue weighted by Gasteiger charge is -2.13. The summed E-state index contributed by atoms with van der Waals surface area (Å²) in [5.41, 5.74) is -0.606. The van der Waals surface area contributed by atoms with Crippen molar-refractivity contribution in [2.75, 3.05) is 0 Å². The highest BCUT2D eigenvalue weighted by Gasteiger charge is 2.35. The van der Waals surface area contributed by atoms with Crippen LogP contribution in [-0.2, 0) is 19.3 Å². The number of alkyl halides is 3. The monoisotopic (exact) mass is 347 g/mol. The third kappa shape index (κ3) is 2.57. The molecule has 3 heterocycles. The van der Waals surface area contributed by atoms with Crippen molar-refractivity contribution in [1.29, 1.82) is 0 Å². The minimum Gasteiger partial charge on any atom is -0.356 e. The van der Waals surface area contributed by atoms with Crippen LogP contribution in [0, 0.1) is 0 Å². The lowest BCUT2D eigenvalue weighted by Crippen LogP contribution is -2.13. The standard InChI is InChI=1S/C16H12F3N5O/c17-16(18,19)15-14-12(3-4-21-15)11-2-1-10(25)7-13(11)24(14)6-5-23-9-20-8-22-23/h1-4,7-9,21H,5-6H2. The number of nitrogens with zero attached hydrogens (tertiary/aromatic N) is 4. The molecule has 0 fully saturated rings. The fourth-order valence-electron chi connectivity index (χ4n) is 3.07. The molecule has 0 atom stereocenters. The Morgan fingerprint density at radius 1 is 1.12 bits per heavy atom. The van der Waals surface area contributed by atoms with E-state index < -0.39 is 11.9 Å². The zero-order valence-corrected chi connectivity index (χ0v) is 12.8. The Morgan fingerprint density at radius 2 is 1.96 bits per heavy atom. The summed E-state index contributed by atoms with van der Waals surface area (Å²) in [6, 6.07) is 5.86. The fraction of sp³-hybridized carbons (Fsp3) is 0.188. The summed E-state index contributed by atoms with van der Waals surface area (Å²) in [7, 11) is 0. The van der Waals surface area contributed by atoms with E-state index in [4.69, 9.17) is 0 Å². The molecule has 4 aromatic rings. The number of aromatic nitrogens is 5. The Morgan fingerprint density at radius 3 is 2.68 bits per heavy atom. The first-order valence-electron chi connectivity index (χ1n) is 7.48. The summed E-state index contributed by atoms with van der Waals surface area (Å²) in [6.45, 7) is 0.544. The molecule has 0 radical (unpaired) electrons. The minimum absolute atomic E-state index is 0.0238. The molecule has 1 aromatic carbocycles. The smallest absolute Gasteiger partial charge is 0.356 e. The molecule has 1 N–H and O–H groups in total. The second kappa shape index (κ2) is 5.47. The number of rotatable bonds is 3. The fourth-order valence-corrected chi connectivity index (χ4v) is 3.07. The maximum absolute atomic E-state index is 13.5. The predicted octanol–water partition coefficient (Wildman–Crippen LogP) is 2.79. The van der Waals surface area contributed by atoms with E-state index in [1.165, 1.54) is 40.2 Å². The number of aryl methyl sites for hydroxylation is 2. The molecule has 0 saturated carbocycles. The number of fused-ring (bicyclic) bond motifs is 3. The second-order valence-corrected chi connectivity index (χ2v) is 5.60. The van der Waals surface area contributed by atoms with Crippen molar-refractivity contribution < 1.29 is 13.2 Å². The summed E-state index contributed by atoms with van der Waals surface area (Å²) < 4.78 is 43.5. The van der Waals surface area contributed by atoms with E-state index in [9.17, 15) is 18.0 Å². The number of nitrogens with one attached hydrogen (secondary N) is 1. The Labute approximate surface area is 138 Å². The summed E-state index contributed by atoms with van der Waals surface area (Å²) in [5.74, 6) is 0. The molecule has 128 valence electrons. The average Bonchev–Trinajstić information content (AvgIpc) is 3.17. The van der Waals surface area contributed by atoms with Gasteiger partial charge in [0.1, 0.15) is 18.3 Å². The highest BCUT2D eigenvalue weighted by molar-refractivity contribution is 6.08. The first kappa shape index (κ1) is 15.4. The van der Waals surface area contributed by atoms with Crippen LogP contribution in [0.4, 0.5) is 13.2 Å². The van der Waals surface area contributed by atoms with E-state index in [0.717, 1.165) is 0 Å². The van der Waals surface area contributed by atoms with Crippen molar-refractivity contribution in [3.05, 3.63) is 59.0 Å². The maximum atomic E-state index is 13.5. The molecule has 0 aliphatic carbocycles. The Bertz CT molecular complexity index is 1110. The van der Waals surface area contributed by atoms with Crippen molar-refractivity contribution in [2.24, 2.45) is 0 Å². The van der Waals surface area contributed by atoms with Gasteiger partial charge in [0.25, 0.3) is 0 Å². The van der Waals surface area contributed by atoms with Crippen LogP contribution in [0.1, 0.15) is 5.69 Å². The largest absolute Gasteiger partial charge is 0.433 e. The molecule has 0 bridgehead atoms. The van der Waals surface area contributed by atoms with E-state index >= 15 is 0 Å². The molecule has 0 spiro atoms. The predicted molar refractivity (Wildman–Crippen MR) is 85.1 cm³/mol. The molecule has 9 heteroatoms. The van der Waals surface area contributed by atoms with Gasteiger partial charge in [0.2, 0.25) is 0 Å². The molecular formula is C16H12F3N5O. The third-order valence-electron chi connectivity index (χ3n) is 4.09. The van der Waals surface area contributed by atoms with Gasteiger partial charge in [-0.2, -0.15) is 18.3 Å². The molecule has 6 nitrogen and oxygen atoms in total. The van der Waals surface area contributed by atoms with Gasteiger partial charge in [-0.3, -0.25) is 9.48 Å². The Kier molecular flexibility index (Phi) is 3.38. The second-order valence-electron chi connectivity index (χ2n) is 5.60. The van der Waals surface area contributed by atoms with Crippen molar-refractivity contribution in [3.63, 3.8) is 0 Å². The SMILES string of the molecule is O=c1ccc2c3cc[nH]c(C(F)(F)F)c3n(CCn3cncn3)c2c1. The van der Waals surface area contributed by atoms with E-state index in [1.54, 1.807) is 12.1 Å². The number of aromatic amines is 1. The zero-order valence-electron chi connectivity index (χ0n) is 12.8. The van der Waals surface area contributed by atoms with Crippen LogP contribution in [0.25, 0.3) is 21.8 Å². The molecule has 0 unspecified atom stereocenters. The van der Waals surface area contributed by atoms with Crippen molar-refractivity contribution in [1.82, 2.24) is 24.3 Å².